The van der Waals surface area contributed by atoms with Crippen molar-refractivity contribution in [3.63, 3.8) is 0 Å². The van der Waals surface area contributed by atoms with E-state index in [1.807, 2.05) is 12.1 Å². The van der Waals surface area contributed by atoms with Gasteiger partial charge in [-0.1, -0.05) is 12.1 Å². The summed E-state index contributed by atoms with van der Waals surface area (Å²) in [6, 6.07) is 7.10. The lowest BCUT2D eigenvalue weighted by Crippen LogP contribution is -2.09. The summed E-state index contributed by atoms with van der Waals surface area (Å²) >= 11 is 4.09. The van der Waals surface area contributed by atoms with Crippen LogP contribution in [0.15, 0.2) is 24.3 Å². The van der Waals surface area contributed by atoms with Gasteiger partial charge in [0.15, 0.2) is 0 Å². The molecule has 5 heteroatoms. The normalized spacial score (nSPS) is 11.2. The Hall–Kier alpha value is -0.680. The molecule has 1 aromatic rings. The Kier molecular flexibility index (Phi) is 3.22. The largest absolute Gasteiger partial charge is 0.284 e. The molecule has 0 aliphatic rings. The number of hydrogen-bond acceptors (Lipinski definition) is 3. The lowest BCUT2D eigenvalue weighted by atomic mass is 10.2. The number of thiol groups is 1. The van der Waals surface area contributed by atoms with Crippen LogP contribution in [0.25, 0.3) is 0 Å². The second-order valence-electron chi connectivity index (χ2n) is 2.73. The maximum atomic E-state index is 10.8. The Bertz CT molecular complexity index is 370. The summed E-state index contributed by atoms with van der Waals surface area (Å²) in [7, 11) is -3.17. The Morgan fingerprint density at radius 1 is 1.31 bits per heavy atom. The highest BCUT2D eigenvalue weighted by molar-refractivity contribution is 7.92. The highest BCUT2D eigenvalue weighted by Gasteiger charge is 2.00. The quantitative estimate of drug-likeness (QED) is 0.753. The highest BCUT2D eigenvalue weighted by atomic mass is 32.2. The third-order valence-corrected chi connectivity index (χ3v) is 2.41. The second-order valence-corrected chi connectivity index (χ2v) is 4.79. The number of nitrogens with one attached hydrogen (secondary N) is 1. The van der Waals surface area contributed by atoms with Gasteiger partial charge in [-0.3, -0.25) is 4.72 Å². The molecular formula is C8H11NO2S2. The minimum absolute atomic E-state index is 0.577. The zero-order chi connectivity index (χ0) is 9.90. The minimum Gasteiger partial charge on any atom is -0.284 e. The third-order valence-electron chi connectivity index (χ3n) is 1.44. The Morgan fingerprint density at radius 2 is 1.85 bits per heavy atom. The summed E-state index contributed by atoms with van der Waals surface area (Å²) in [5, 5.41) is 0. The molecule has 0 amide bonds. The molecule has 1 rings (SSSR count). The van der Waals surface area contributed by atoms with E-state index in [0.717, 1.165) is 11.8 Å². The van der Waals surface area contributed by atoms with E-state index in [9.17, 15) is 8.42 Å². The molecule has 0 atom stereocenters. The fourth-order valence-electron chi connectivity index (χ4n) is 0.892. The minimum atomic E-state index is -3.17. The van der Waals surface area contributed by atoms with Gasteiger partial charge >= 0.3 is 0 Å². The van der Waals surface area contributed by atoms with Crippen LogP contribution in [0.5, 0.6) is 0 Å². The third kappa shape index (κ3) is 3.69. The van der Waals surface area contributed by atoms with Gasteiger partial charge < -0.3 is 0 Å². The van der Waals surface area contributed by atoms with Gasteiger partial charge in [-0.15, -0.1) is 0 Å². The van der Waals surface area contributed by atoms with Crippen LogP contribution in [0.3, 0.4) is 0 Å². The van der Waals surface area contributed by atoms with Crippen molar-refractivity contribution in [2.45, 2.75) is 5.75 Å². The first-order valence-electron chi connectivity index (χ1n) is 3.69. The second kappa shape index (κ2) is 4.02. The van der Waals surface area contributed by atoms with Crippen LogP contribution < -0.4 is 4.72 Å². The summed E-state index contributed by atoms with van der Waals surface area (Å²) in [6.07, 6.45) is 1.12. The molecule has 0 fully saturated rings. The van der Waals surface area contributed by atoms with Crippen LogP contribution in [0.1, 0.15) is 5.56 Å². The summed E-state index contributed by atoms with van der Waals surface area (Å²) in [4.78, 5) is 0. The lowest BCUT2D eigenvalue weighted by Gasteiger charge is -2.03. The fraction of sp³-hybridized carbons (Fsp3) is 0.250. The van der Waals surface area contributed by atoms with Crippen molar-refractivity contribution in [1.82, 2.24) is 0 Å². The van der Waals surface area contributed by atoms with Crippen LogP contribution in [0.2, 0.25) is 0 Å². The first-order chi connectivity index (χ1) is 6.01. The van der Waals surface area contributed by atoms with Crippen LogP contribution in [-0.4, -0.2) is 14.7 Å². The van der Waals surface area contributed by atoms with Crippen LogP contribution in [-0.2, 0) is 15.8 Å². The van der Waals surface area contributed by atoms with Crippen LogP contribution in [0, 0.1) is 0 Å². The van der Waals surface area contributed by atoms with Crippen molar-refractivity contribution in [3.8, 4) is 0 Å². The Morgan fingerprint density at radius 3 is 2.23 bits per heavy atom. The zero-order valence-electron chi connectivity index (χ0n) is 7.19. The van der Waals surface area contributed by atoms with Crippen molar-refractivity contribution >= 4 is 28.3 Å². The van der Waals surface area contributed by atoms with Crippen molar-refractivity contribution in [1.29, 1.82) is 0 Å². The standard InChI is InChI=1S/C8H11NO2S2/c1-13(10,11)9-8-4-2-7(6-12)3-5-8/h2-5,9,12H,6H2,1H3. The van der Waals surface area contributed by atoms with Gasteiger partial charge in [-0.05, 0) is 17.7 Å². The number of benzene rings is 1. The molecule has 1 N–H and O–H groups in total. The summed E-state index contributed by atoms with van der Waals surface area (Å²) in [6.45, 7) is 0. The predicted molar refractivity (Wildman–Crippen MR) is 57.6 cm³/mol. The van der Waals surface area contributed by atoms with Gasteiger partial charge in [0.2, 0.25) is 10.0 Å². The van der Waals surface area contributed by atoms with Crippen molar-refractivity contribution < 1.29 is 8.42 Å². The smallest absolute Gasteiger partial charge is 0.229 e. The zero-order valence-corrected chi connectivity index (χ0v) is 8.90. The SMILES string of the molecule is CS(=O)(=O)Nc1ccc(CS)cc1. The van der Waals surface area contributed by atoms with Gasteiger partial charge in [0, 0.05) is 11.4 Å². The van der Waals surface area contributed by atoms with Gasteiger partial charge in [-0.2, -0.15) is 12.6 Å². The number of hydrogen-bond donors (Lipinski definition) is 2. The molecule has 13 heavy (non-hydrogen) atoms. The molecule has 0 aliphatic carbocycles. The Labute approximate surface area is 83.6 Å². The van der Waals surface area contributed by atoms with Gasteiger partial charge in [-0.25, -0.2) is 8.42 Å². The van der Waals surface area contributed by atoms with E-state index < -0.39 is 10.0 Å². The van der Waals surface area contributed by atoms with Crippen LogP contribution in [0.4, 0.5) is 5.69 Å². The van der Waals surface area contributed by atoms with E-state index in [1.165, 1.54) is 0 Å². The molecule has 72 valence electrons. The lowest BCUT2D eigenvalue weighted by molar-refractivity contribution is 0.607. The average Bonchev–Trinajstić information content (AvgIpc) is 2.03. The number of anilines is 1. The summed E-state index contributed by atoms with van der Waals surface area (Å²) < 4.78 is 24.0. The molecule has 3 nitrogen and oxygen atoms in total. The highest BCUT2D eigenvalue weighted by Crippen LogP contribution is 2.11. The topological polar surface area (TPSA) is 46.2 Å². The van der Waals surface area contributed by atoms with E-state index in [-0.39, 0.29) is 0 Å². The number of rotatable bonds is 3. The molecule has 0 heterocycles. The van der Waals surface area contributed by atoms with Gasteiger partial charge in [0.25, 0.3) is 0 Å². The molecule has 0 radical (unpaired) electrons. The summed E-state index contributed by atoms with van der Waals surface area (Å²) in [5.41, 5.74) is 1.63. The first-order valence-corrected chi connectivity index (χ1v) is 6.21. The maximum Gasteiger partial charge on any atom is 0.229 e. The van der Waals surface area contributed by atoms with Crippen molar-refractivity contribution in [2.75, 3.05) is 11.0 Å². The van der Waals surface area contributed by atoms with E-state index in [4.69, 9.17) is 0 Å². The number of sulfonamides is 1. The predicted octanol–water partition coefficient (Wildman–Crippen LogP) is 1.49. The molecular weight excluding hydrogens is 206 g/mol. The molecule has 0 aliphatic heterocycles. The average molecular weight is 217 g/mol. The molecule has 0 unspecified atom stereocenters. The monoisotopic (exact) mass is 217 g/mol. The molecule has 0 aromatic heterocycles. The van der Waals surface area contributed by atoms with E-state index >= 15 is 0 Å². The Balaban J connectivity index is 2.81. The van der Waals surface area contributed by atoms with Gasteiger partial charge in [0.1, 0.15) is 0 Å². The van der Waals surface area contributed by atoms with E-state index in [0.29, 0.717) is 11.4 Å². The van der Waals surface area contributed by atoms with Crippen LogP contribution >= 0.6 is 12.6 Å². The van der Waals surface area contributed by atoms with E-state index in [1.54, 1.807) is 12.1 Å². The molecule has 0 bridgehead atoms. The fourth-order valence-corrected chi connectivity index (χ4v) is 1.67. The molecule has 0 spiro atoms. The summed E-state index contributed by atoms with van der Waals surface area (Å²) in [5.74, 6) is 0.652. The van der Waals surface area contributed by atoms with Crippen molar-refractivity contribution in [2.24, 2.45) is 0 Å². The maximum absolute atomic E-state index is 10.8. The first kappa shape index (κ1) is 10.4. The molecule has 0 saturated carbocycles. The van der Waals surface area contributed by atoms with Gasteiger partial charge in [0.05, 0.1) is 6.26 Å². The molecule has 0 saturated heterocycles. The molecule has 1 aromatic carbocycles. The van der Waals surface area contributed by atoms with E-state index in [2.05, 4.69) is 17.4 Å². The van der Waals surface area contributed by atoms with Crippen molar-refractivity contribution in [3.05, 3.63) is 29.8 Å².